The summed E-state index contributed by atoms with van der Waals surface area (Å²) in [4.78, 5) is 16.7. The molecule has 4 rings (SSSR count). The maximum Gasteiger partial charge on any atom is 0.224 e. The third kappa shape index (κ3) is 5.02. The van der Waals surface area contributed by atoms with Gasteiger partial charge in [-0.05, 0) is 38.4 Å². The van der Waals surface area contributed by atoms with Crippen molar-refractivity contribution >= 4 is 40.4 Å². The van der Waals surface area contributed by atoms with E-state index < -0.39 is 0 Å². The van der Waals surface area contributed by atoms with Crippen molar-refractivity contribution in [2.45, 2.75) is 24.1 Å². The van der Waals surface area contributed by atoms with Crippen LogP contribution in [-0.2, 0) is 17.1 Å². The first-order valence-corrected chi connectivity index (χ1v) is 12.0. The normalized spacial score (nSPS) is 17.6. The van der Waals surface area contributed by atoms with Gasteiger partial charge in [0.25, 0.3) is 0 Å². The number of fused-ring (bicyclic) bond motifs is 1. The average Bonchev–Trinajstić information content (AvgIpc) is 3.32. The summed E-state index contributed by atoms with van der Waals surface area (Å²) < 4.78 is 11.9. The van der Waals surface area contributed by atoms with Crippen LogP contribution in [0.25, 0.3) is 11.0 Å². The highest BCUT2D eigenvalue weighted by molar-refractivity contribution is 7.99. The summed E-state index contributed by atoms with van der Waals surface area (Å²) in [5.74, 6) is 5.57. The van der Waals surface area contributed by atoms with E-state index in [9.17, 15) is 4.79 Å². The van der Waals surface area contributed by atoms with Gasteiger partial charge in [0.05, 0.1) is 12.3 Å². The molecule has 0 saturated carbocycles. The van der Waals surface area contributed by atoms with Crippen molar-refractivity contribution < 1.29 is 13.6 Å². The Morgan fingerprint density at radius 1 is 1.17 bits per heavy atom. The fraction of sp³-hybridized carbons (Fsp3) is 0.409. The molecule has 1 atom stereocenters. The van der Waals surface area contributed by atoms with Crippen molar-refractivity contribution in [1.29, 1.82) is 0 Å². The van der Waals surface area contributed by atoms with E-state index in [1.807, 2.05) is 55.4 Å². The molecular formula is C22H26N2O3S2. The number of carbonyl (C=O) groups excluding carboxylic acids is 1. The monoisotopic (exact) mass is 430 g/mol. The van der Waals surface area contributed by atoms with Gasteiger partial charge >= 0.3 is 0 Å². The molecule has 3 aromatic rings. The van der Waals surface area contributed by atoms with Crippen LogP contribution in [0, 0.1) is 0 Å². The molecule has 0 radical (unpaired) electrons. The second-order valence-corrected chi connectivity index (χ2v) is 9.70. The van der Waals surface area contributed by atoms with Crippen LogP contribution >= 0.6 is 23.5 Å². The quantitative estimate of drug-likeness (QED) is 0.470. The smallest absolute Gasteiger partial charge is 0.224 e. The first-order chi connectivity index (χ1) is 14.1. The van der Waals surface area contributed by atoms with Crippen molar-refractivity contribution in [3.8, 4) is 0 Å². The van der Waals surface area contributed by atoms with Gasteiger partial charge in [0, 0.05) is 29.9 Å². The number of hydrogen-bond donors (Lipinski definition) is 0. The standard InChI is InChI=1S/C22H26N2O3S2/c1-23(2)14-17-7-8-18(26-17)15-28-12-10-24-21(25)9-11-29-22(24)20-13-16-5-3-4-6-19(16)27-20/h3-8,13,22H,9-12,14-15H2,1-2H3. The summed E-state index contributed by atoms with van der Waals surface area (Å²) in [6, 6.07) is 14.2. The third-order valence-corrected chi connectivity index (χ3v) is 7.00. The predicted octanol–water partition coefficient (Wildman–Crippen LogP) is 4.98. The van der Waals surface area contributed by atoms with E-state index >= 15 is 0 Å². The Balaban J connectivity index is 1.35. The minimum absolute atomic E-state index is 0.0421. The summed E-state index contributed by atoms with van der Waals surface area (Å²) in [5, 5.41) is 1.04. The molecule has 0 N–H and O–H groups in total. The molecule has 5 nitrogen and oxygen atoms in total. The van der Waals surface area contributed by atoms with Crippen LogP contribution < -0.4 is 0 Å². The van der Waals surface area contributed by atoms with Gasteiger partial charge in [-0.15, -0.1) is 11.8 Å². The molecule has 3 heterocycles. The Labute approximate surface area is 179 Å². The number of hydrogen-bond acceptors (Lipinski definition) is 6. The SMILES string of the molecule is CN(C)Cc1ccc(CSCCN2C(=O)CCSC2c2cc3ccccc3o2)o1. The second kappa shape index (κ2) is 9.32. The molecule has 0 spiro atoms. The Hall–Kier alpha value is -1.83. The zero-order valence-electron chi connectivity index (χ0n) is 16.8. The van der Waals surface area contributed by atoms with Crippen LogP contribution in [0.2, 0.25) is 0 Å². The summed E-state index contributed by atoms with van der Waals surface area (Å²) in [5.41, 5.74) is 0.877. The molecule has 154 valence electrons. The molecule has 0 aliphatic carbocycles. The molecule has 2 aromatic heterocycles. The van der Waals surface area contributed by atoms with Gasteiger partial charge < -0.3 is 18.6 Å². The molecule has 0 bridgehead atoms. The Morgan fingerprint density at radius 2 is 2.00 bits per heavy atom. The van der Waals surface area contributed by atoms with Gasteiger partial charge in [-0.2, -0.15) is 11.8 Å². The largest absolute Gasteiger partial charge is 0.464 e. The molecule has 7 heteroatoms. The van der Waals surface area contributed by atoms with E-state index in [-0.39, 0.29) is 11.3 Å². The maximum absolute atomic E-state index is 12.6. The number of amides is 1. The molecular weight excluding hydrogens is 404 g/mol. The lowest BCUT2D eigenvalue weighted by atomic mass is 10.2. The van der Waals surface area contributed by atoms with Crippen molar-refractivity contribution in [3.05, 3.63) is 59.7 Å². The van der Waals surface area contributed by atoms with Crippen molar-refractivity contribution in [2.24, 2.45) is 0 Å². The number of rotatable bonds is 8. The molecule has 1 aromatic carbocycles. The molecule has 29 heavy (non-hydrogen) atoms. The van der Waals surface area contributed by atoms with Crippen molar-refractivity contribution in [1.82, 2.24) is 9.80 Å². The van der Waals surface area contributed by atoms with Gasteiger partial charge in [-0.25, -0.2) is 0 Å². The van der Waals surface area contributed by atoms with Gasteiger partial charge in [0.15, 0.2) is 0 Å². The van der Waals surface area contributed by atoms with Crippen LogP contribution in [0.15, 0.2) is 51.3 Å². The highest BCUT2D eigenvalue weighted by Gasteiger charge is 2.31. The number of benzene rings is 1. The van der Waals surface area contributed by atoms with E-state index in [0.29, 0.717) is 13.0 Å². The van der Waals surface area contributed by atoms with Crippen molar-refractivity contribution in [3.63, 3.8) is 0 Å². The molecule has 1 aliphatic heterocycles. The molecule has 1 fully saturated rings. The number of thioether (sulfide) groups is 2. The summed E-state index contributed by atoms with van der Waals surface area (Å²) in [7, 11) is 4.06. The second-order valence-electron chi connectivity index (χ2n) is 7.41. The van der Waals surface area contributed by atoms with Crippen LogP contribution in [0.5, 0.6) is 0 Å². The summed E-state index contributed by atoms with van der Waals surface area (Å²) >= 11 is 3.58. The van der Waals surface area contributed by atoms with Crippen molar-refractivity contribution in [2.75, 3.05) is 32.1 Å². The molecule has 1 unspecified atom stereocenters. The zero-order valence-corrected chi connectivity index (χ0v) is 18.4. The number of para-hydroxylation sites is 1. The Kier molecular flexibility index (Phi) is 6.57. The summed E-state index contributed by atoms with van der Waals surface area (Å²) in [6.45, 7) is 1.52. The lowest BCUT2D eigenvalue weighted by molar-refractivity contribution is -0.132. The highest BCUT2D eigenvalue weighted by Crippen LogP contribution is 2.39. The van der Waals surface area contributed by atoms with Crippen LogP contribution in [0.1, 0.15) is 29.1 Å². The van der Waals surface area contributed by atoms with E-state index in [0.717, 1.165) is 52.1 Å². The first kappa shape index (κ1) is 20.4. The Bertz CT molecular complexity index is 933. The third-order valence-electron chi connectivity index (χ3n) is 4.79. The number of furan rings is 2. The summed E-state index contributed by atoms with van der Waals surface area (Å²) in [6.07, 6.45) is 0.595. The van der Waals surface area contributed by atoms with E-state index in [2.05, 4.69) is 11.0 Å². The van der Waals surface area contributed by atoms with Crippen LogP contribution in [0.3, 0.4) is 0 Å². The maximum atomic E-state index is 12.6. The van der Waals surface area contributed by atoms with Gasteiger partial charge in [-0.3, -0.25) is 4.79 Å². The molecule has 1 aliphatic rings. The van der Waals surface area contributed by atoms with Crippen LogP contribution in [0.4, 0.5) is 0 Å². The number of carbonyl (C=O) groups is 1. The average molecular weight is 431 g/mol. The highest BCUT2D eigenvalue weighted by atomic mass is 32.2. The topological polar surface area (TPSA) is 49.8 Å². The minimum atomic E-state index is -0.0421. The zero-order chi connectivity index (χ0) is 20.2. The van der Waals surface area contributed by atoms with E-state index in [4.69, 9.17) is 8.83 Å². The van der Waals surface area contributed by atoms with E-state index in [1.165, 1.54) is 0 Å². The predicted molar refractivity (Wildman–Crippen MR) is 120 cm³/mol. The van der Waals surface area contributed by atoms with Gasteiger partial charge in [-0.1, -0.05) is 18.2 Å². The van der Waals surface area contributed by atoms with Gasteiger partial charge in [0.1, 0.15) is 28.2 Å². The Morgan fingerprint density at radius 3 is 2.83 bits per heavy atom. The molecule has 1 saturated heterocycles. The number of nitrogens with zero attached hydrogens (tertiary/aromatic N) is 2. The molecule has 1 amide bonds. The minimum Gasteiger partial charge on any atom is -0.464 e. The van der Waals surface area contributed by atoms with E-state index in [1.54, 1.807) is 23.5 Å². The van der Waals surface area contributed by atoms with Crippen LogP contribution in [-0.4, -0.2) is 47.9 Å². The van der Waals surface area contributed by atoms with Gasteiger partial charge in [0.2, 0.25) is 5.91 Å². The lowest BCUT2D eigenvalue weighted by Crippen LogP contribution is -2.38. The lowest BCUT2D eigenvalue weighted by Gasteiger charge is -2.33. The fourth-order valence-corrected chi connectivity index (χ4v) is 5.48. The fourth-order valence-electron chi connectivity index (χ4n) is 3.46. The first-order valence-electron chi connectivity index (χ1n) is 9.80.